The average Bonchev–Trinajstić information content (AvgIpc) is 2.83. The fraction of sp³-hybridized carbons (Fsp3) is 0.208. The third-order valence-corrected chi connectivity index (χ3v) is 10.5. The van der Waals surface area contributed by atoms with Gasteiger partial charge in [0.2, 0.25) is 0 Å². The first-order valence-corrected chi connectivity index (χ1v) is 12.9. The second-order valence-electron chi connectivity index (χ2n) is 7.62. The zero-order valence-electron chi connectivity index (χ0n) is 17.7. The lowest BCUT2D eigenvalue weighted by molar-refractivity contribution is -0.112. The van der Waals surface area contributed by atoms with E-state index in [2.05, 4.69) is 0 Å². The zero-order valence-corrected chi connectivity index (χ0v) is 19.3. The van der Waals surface area contributed by atoms with Crippen LogP contribution in [0.15, 0.2) is 94.7 Å². The molecule has 0 radical (unpaired) electrons. The van der Waals surface area contributed by atoms with Crippen LogP contribution in [0.2, 0.25) is 0 Å². The Kier molecular flexibility index (Phi) is 6.85. The summed E-state index contributed by atoms with van der Waals surface area (Å²) in [4.78, 5) is 12.0. The quantitative estimate of drug-likeness (QED) is 0.440. The molecule has 168 valence electrons. The van der Waals surface area contributed by atoms with E-state index in [1.807, 2.05) is 0 Å². The number of carbonyl (C=O) groups excluding carboxylic acids is 1. The molecule has 6 nitrogen and oxygen atoms in total. The van der Waals surface area contributed by atoms with Crippen LogP contribution in [0, 0.1) is 0 Å². The van der Waals surface area contributed by atoms with Gasteiger partial charge in [-0.25, -0.2) is 16.8 Å². The summed E-state index contributed by atoms with van der Waals surface area (Å²) in [5.74, 6) is 0.476. The van der Waals surface area contributed by atoms with Crippen molar-refractivity contribution in [1.82, 2.24) is 0 Å². The van der Waals surface area contributed by atoms with E-state index in [-0.39, 0.29) is 9.79 Å². The third kappa shape index (κ3) is 4.61. The van der Waals surface area contributed by atoms with Crippen LogP contribution >= 0.6 is 0 Å². The highest BCUT2D eigenvalue weighted by Crippen LogP contribution is 2.37. The summed E-state index contributed by atoms with van der Waals surface area (Å²) in [6, 6.07) is 21.4. The molecule has 0 aliphatic rings. The number of carbonyl (C=O) groups is 1. The molecule has 3 rings (SSSR count). The molecule has 0 bridgehead atoms. The monoisotopic (exact) mass is 472 g/mol. The Labute approximate surface area is 188 Å². The molecule has 0 amide bonds. The van der Waals surface area contributed by atoms with Crippen molar-refractivity contribution in [1.29, 1.82) is 0 Å². The van der Waals surface area contributed by atoms with E-state index < -0.39 is 36.1 Å². The lowest BCUT2D eigenvalue weighted by Gasteiger charge is -2.29. The highest BCUT2D eigenvalue weighted by atomic mass is 32.3. The molecule has 0 aliphatic carbocycles. The lowest BCUT2D eigenvalue weighted by Crippen LogP contribution is -2.39. The highest BCUT2D eigenvalue weighted by molar-refractivity contribution is 8.09. The van der Waals surface area contributed by atoms with E-state index in [1.165, 1.54) is 62.6 Å². The summed E-state index contributed by atoms with van der Waals surface area (Å²) in [5.41, 5.74) is -0.938. The summed E-state index contributed by atoms with van der Waals surface area (Å²) >= 11 is 0. The van der Waals surface area contributed by atoms with Gasteiger partial charge in [0, 0.05) is 0 Å². The smallest absolute Gasteiger partial charge is 0.195 e. The maximum absolute atomic E-state index is 13.6. The van der Waals surface area contributed by atoms with Gasteiger partial charge in [-0.2, -0.15) is 0 Å². The van der Waals surface area contributed by atoms with Crippen LogP contribution in [-0.2, 0) is 29.9 Å². The van der Waals surface area contributed by atoms with Crippen LogP contribution in [0.3, 0.4) is 0 Å². The van der Waals surface area contributed by atoms with Crippen molar-refractivity contribution >= 4 is 26.0 Å². The molecular weight excluding hydrogens is 448 g/mol. The third-order valence-electron chi connectivity index (χ3n) is 5.42. The predicted octanol–water partition coefficient (Wildman–Crippen LogP) is 3.82. The highest BCUT2D eigenvalue weighted by Gasteiger charge is 2.45. The molecule has 0 saturated heterocycles. The maximum atomic E-state index is 13.6. The number of benzene rings is 3. The molecule has 3 aromatic rings. The van der Waals surface area contributed by atoms with Crippen molar-refractivity contribution < 1.29 is 26.4 Å². The van der Waals surface area contributed by atoms with Gasteiger partial charge in [0.25, 0.3) is 0 Å². The Morgan fingerprint density at radius 3 is 1.75 bits per heavy atom. The number of rotatable bonds is 9. The molecular formula is C24H24O6S2. The zero-order chi connectivity index (χ0) is 23.4. The van der Waals surface area contributed by atoms with Crippen molar-refractivity contribution in [3.8, 4) is 5.75 Å². The number of hydrogen-bond donors (Lipinski definition) is 0. The van der Waals surface area contributed by atoms with Gasteiger partial charge >= 0.3 is 0 Å². The van der Waals surface area contributed by atoms with Crippen molar-refractivity contribution in [2.45, 2.75) is 33.1 Å². The summed E-state index contributed by atoms with van der Waals surface area (Å²) in [6.45, 7) is 1.53. The first-order valence-electron chi connectivity index (χ1n) is 9.84. The Balaban J connectivity index is 2.19. The van der Waals surface area contributed by atoms with Crippen LogP contribution in [-0.4, -0.2) is 34.8 Å². The van der Waals surface area contributed by atoms with E-state index in [0.29, 0.717) is 17.6 Å². The SMILES string of the molecule is COc1cccc([C@@](C)(C=O)CC(S(=O)(=O)c2ccccc2)S(=O)(=O)c2ccccc2)c1. The summed E-state index contributed by atoms with van der Waals surface area (Å²) < 4.78 is 57.7. The second kappa shape index (κ2) is 9.26. The van der Waals surface area contributed by atoms with Crippen LogP contribution < -0.4 is 4.74 Å². The van der Waals surface area contributed by atoms with Gasteiger partial charge < -0.3 is 9.53 Å². The lowest BCUT2D eigenvalue weighted by atomic mass is 9.81. The van der Waals surface area contributed by atoms with Gasteiger partial charge in [0.05, 0.1) is 22.3 Å². The minimum atomic E-state index is -4.35. The molecule has 3 aromatic carbocycles. The normalized spacial score (nSPS) is 14.0. The Hall–Kier alpha value is -2.97. The largest absolute Gasteiger partial charge is 0.497 e. The first kappa shape index (κ1) is 23.7. The van der Waals surface area contributed by atoms with Crippen molar-refractivity contribution in [3.05, 3.63) is 90.5 Å². The molecule has 0 aromatic heterocycles. The Bertz CT molecular complexity index is 1220. The van der Waals surface area contributed by atoms with Crippen molar-refractivity contribution in [2.75, 3.05) is 7.11 Å². The Morgan fingerprint density at radius 1 is 0.812 bits per heavy atom. The molecule has 8 heteroatoms. The van der Waals surface area contributed by atoms with Gasteiger partial charge in [-0.15, -0.1) is 0 Å². The molecule has 0 saturated carbocycles. The number of hydrogen-bond acceptors (Lipinski definition) is 6. The van der Waals surface area contributed by atoms with Crippen LogP contribution in [0.25, 0.3) is 0 Å². The van der Waals surface area contributed by atoms with E-state index in [0.717, 1.165) is 0 Å². The van der Waals surface area contributed by atoms with Gasteiger partial charge in [-0.05, 0) is 55.3 Å². The number of methoxy groups -OCH3 is 1. The van der Waals surface area contributed by atoms with E-state index >= 15 is 0 Å². The average molecular weight is 473 g/mol. The van der Waals surface area contributed by atoms with Gasteiger partial charge in [-0.3, -0.25) is 0 Å². The molecule has 0 N–H and O–H groups in total. The predicted molar refractivity (Wildman–Crippen MR) is 122 cm³/mol. The summed E-state index contributed by atoms with van der Waals surface area (Å²) in [5, 5.41) is 0. The molecule has 1 atom stereocenters. The first-order chi connectivity index (χ1) is 15.1. The number of aldehydes is 1. The fourth-order valence-electron chi connectivity index (χ4n) is 3.47. The summed E-state index contributed by atoms with van der Waals surface area (Å²) in [7, 11) is -7.23. The molecule has 0 unspecified atom stereocenters. The van der Waals surface area contributed by atoms with Crippen LogP contribution in [0.5, 0.6) is 5.75 Å². The molecule has 0 spiro atoms. The molecule has 0 aliphatic heterocycles. The van der Waals surface area contributed by atoms with Crippen molar-refractivity contribution in [2.24, 2.45) is 0 Å². The van der Waals surface area contributed by atoms with E-state index in [9.17, 15) is 21.6 Å². The topological polar surface area (TPSA) is 94.6 Å². The number of sulfone groups is 2. The standard InChI is InChI=1S/C24H24O6S2/c1-24(18-25,19-10-9-11-20(16-19)30-2)17-23(31(26,27)21-12-5-3-6-13-21)32(28,29)22-14-7-4-8-15-22/h3-16,18,23H,17H2,1-2H3/t24-/m1/s1. The van der Waals surface area contributed by atoms with Gasteiger partial charge in [-0.1, -0.05) is 48.5 Å². The van der Waals surface area contributed by atoms with E-state index in [4.69, 9.17) is 4.74 Å². The second-order valence-corrected chi connectivity index (χ2v) is 12.2. The minimum Gasteiger partial charge on any atom is -0.497 e. The van der Waals surface area contributed by atoms with Crippen LogP contribution in [0.1, 0.15) is 18.9 Å². The van der Waals surface area contributed by atoms with Gasteiger partial charge in [0.1, 0.15) is 12.0 Å². The number of ether oxygens (including phenoxy) is 1. The molecule has 0 heterocycles. The maximum Gasteiger partial charge on any atom is 0.195 e. The van der Waals surface area contributed by atoms with Crippen LogP contribution in [0.4, 0.5) is 0 Å². The van der Waals surface area contributed by atoms with E-state index in [1.54, 1.807) is 36.4 Å². The van der Waals surface area contributed by atoms with Crippen molar-refractivity contribution in [3.63, 3.8) is 0 Å². The minimum absolute atomic E-state index is 0.122. The fourth-order valence-corrected chi connectivity index (χ4v) is 8.28. The molecule has 0 fully saturated rings. The summed E-state index contributed by atoms with van der Waals surface area (Å²) in [6.07, 6.45) is 0.133. The Morgan fingerprint density at radius 2 is 1.31 bits per heavy atom. The molecule has 32 heavy (non-hydrogen) atoms. The van der Waals surface area contributed by atoms with Gasteiger partial charge in [0.15, 0.2) is 24.3 Å².